The Bertz CT molecular complexity index is 696. The van der Waals surface area contributed by atoms with E-state index in [2.05, 4.69) is 17.2 Å². The summed E-state index contributed by atoms with van der Waals surface area (Å²) in [6.07, 6.45) is 2.63. The number of hydrogen-bond acceptors (Lipinski definition) is 4. The number of oxazole rings is 1. The van der Waals surface area contributed by atoms with Gasteiger partial charge in [0.1, 0.15) is 5.52 Å². The monoisotopic (exact) mass is 317 g/mol. The van der Waals surface area contributed by atoms with Crippen LogP contribution in [0.15, 0.2) is 22.6 Å². The molecule has 2 aromatic rings. The highest BCUT2D eigenvalue weighted by Gasteiger charge is 2.33. The Morgan fingerprint density at radius 3 is 2.83 bits per heavy atom. The summed E-state index contributed by atoms with van der Waals surface area (Å²) in [7, 11) is 0. The van der Waals surface area contributed by atoms with Gasteiger partial charge in [0.05, 0.1) is 0 Å². The summed E-state index contributed by atoms with van der Waals surface area (Å²) >= 11 is 0. The molecule has 0 radical (unpaired) electrons. The minimum Gasteiger partial charge on any atom is -0.441 e. The predicted octanol–water partition coefficient (Wildman–Crippen LogP) is 3.15. The highest BCUT2D eigenvalue weighted by molar-refractivity contribution is 5.91. The summed E-state index contributed by atoms with van der Waals surface area (Å²) in [4.78, 5) is 18.5. The second-order valence-electron chi connectivity index (χ2n) is 6.34. The number of nitrogens with one attached hydrogen (secondary N) is 1. The summed E-state index contributed by atoms with van der Waals surface area (Å²) in [5.41, 5.74) is 2.15. The second kappa shape index (κ2) is 6.20. The number of carbonyl (C=O) groups is 1. The number of amides is 2. The van der Waals surface area contributed by atoms with Gasteiger partial charge in [0.15, 0.2) is 11.5 Å². The van der Waals surface area contributed by atoms with Crippen molar-refractivity contribution < 1.29 is 14.3 Å². The molecule has 0 atom stereocenters. The maximum absolute atomic E-state index is 12.4. The summed E-state index contributed by atoms with van der Waals surface area (Å²) in [6.45, 7) is 5.44. The number of piperidine rings is 1. The lowest BCUT2D eigenvalue weighted by atomic mass is 9.77. The molecule has 1 fully saturated rings. The van der Waals surface area contributed by atoms with Crippen molar-refractivity contribution in [2.45, 2.75) is 33.1 Å². The number of aliphatic hydroxyl groups is 1. The number of aryl methyl sites for hydroxylation is 1. The van der Waals surface area contributed by atoms with Crippen molar-refractivity contribution in [3.8, 4) is 0 Å². The molecule has 1 aliphatic heterocycles. The molecule has 1 aromatic carbocycles. The van der Waals surface area contributed by atoms with E-state index in [9.17, 15) is 9.90 Å². The van der Waals surface area contributed by atoms with Crippen LogP contribution in [-0.2, 0) is 0 Å². The molecule has 3 rings (SSSR count). The average Bonchev–Trinajstić information content (AvgIpc) is 2.94. The molecule has 0 unspecified atom stereocenters. The van der Waals surface area contributed by atoms with Gasteiger partial charge >= 0.3 is 6.03 Å². The first-order valence-corrected chi connectivity index (χ1v) is 8.09. The number of urea groups is 1. The Kier molecular flexibility index (Phi) is 4.26. The van der Waals surface area contributed by atoms with Crippen LogP contribution in [0.25, 0.3) is 11.1 Å². The first kappa shape index (κ1) is 15.8. The van der Waals surface area contributed by atoms with Crippen molar-refractivity contribution in [3.05, 3.63) is 24.1 Å². The summed E-state index contributed by atoms with van der Waals surface area (Å²) in [5, 5.41) is 12.5. The van der Waals surface area contributed by atoms with Crippen LogP contribution in [0.4, 0.5) is 10.5 Å². The number of anilines is 1. The van der Waals surface area contributed by atoms with Crippen molar-refractivity contribution >= 4 is 22.8 Å². The third-order valence-corrected chi connectivity index (χ3v) is 4.94. The fourth-order valence-electron chi connectivity index (χ4n) is 3.13. The second-order valence-corrected chi connectivity index (χ2v) is 6.34. The first-order chi connectivity index (χ1) is 11.0. The van der Waals surface area contributed by atoms with Crippen LogP contribution in [0, 0.1) is 12.3 Å². The number of hydrogen-bond donors (Lipinski definition) is 2. The smallest absolute Gasteiger partial charge is 0.321 e. The predicted molar refractivity (Wildman–Crippen MR) is 88.4 cm³/mol. The minimum absolute atomic E-state index is 0.0199. The van der Waals surface area contributed by atoms with Gasteiger partial charge in [0.2, 0.25) is 0 Å². The highest BCUT2D eigenvalue weighted by atomic mass is 16.3. The number of rotatable bonds is 3. The van der Waals surface area contributed by atoms with Crippen molar-refractivity contribution in [2.24, 2.45) is 5.41 Å². The van der Waals surface area contributed by atoms with Crippen LogP contribution in [0.5, 0.6) is 0 Å². The molecule has 1 aliphatic rings. The molecule has 2 N–H and O–H groups in total. The van der Waals surface area contributed by atoms with Gasteiger partial charge < -0.3 is 19.7 Å². The third-order valence-electron chi connectivity index (χ3n) is 4.94. The Morgan fingerprint density at radius 2 is 2.17 bits per heavy atom. The van der Waals surface area contributed by atoms with Gasteiger partial charge in [0, 0.05) is 32.3 Å². The Labute approximate surface area is 135 Å². The quantitative estimate of drug-likeness (QED) is 0.911. The van der Waals surface area contributed by atoms with E-state index in [1.54, 1.807) is 6.92 Å². The molecule has 0 bridgehead atoms. The van der Waals surface area contributed by atoms with Gasteiger partial charge in [-0.05, 0) is 42.9 Å². The molecule has 23 heavy (non-hydrogen) atoms. The zero-order valence-electron chi connectivity index (χ0n) is 13.6. The maximum Gasteiger partial charge on any atom is 0.321 e. The van der Waals surface area contributed by atoms with Crippen molar-refractivity contribution in [1.29, 1.82) is 0 Å². The lowest BCUT2D eigenvalue weighted by molar-refractivity contribution is 0.0542. The molecule has 6 nitrogen and oxygen atoms in total. The zero-order valence-corrected chi connectivity index (χ0v) is 13.6. The fourth-order valence-corrected chi connectivity index (χ4v) is 3.13. The van der Waals surface area contributed by atoms with Gasteiger partial charge in [-0.15, -0.1) is 0 Å². The highest BCUT2D eigenvalue weighted by Crippen LogP contribution is 2.34. The van der Waals surface area contributed by atoms with E-state index in [4.69, 9.17) is 4.42 Å². The van der Waals surface area contributed by atoms with Gasteiger partial charge in [-0.25, -0.2) is 9.78 Å². The van der Waals surface area contributed by atoms with Crippen LogP contribution in [0.3, 0.4) is 0 Å². The van der Waals surface area contributed by atoms with Gasteiger partial charge in [0.25, 0.3) is 0 Å². The van der Waals surface area contributed by atoms with Crippen LogP contribution < -0.4 is 5.32 Å². The molecule has 2 amide bonds. The molecule has 6 heteroatoms. The number of likely N-dealkylation sites (tertiary alicyclic amines) is 1. The number of fused-ring (bicyclic) bond motifs is 1. The van der Waals surface area contributed by atoms with Crippen LogP contribution in [0.1, 0.15) is 32.1 Å². The number of nitrogens with zero attached hydrogens (tertiary/aromatic N) is 2. The maximum atomic E-state index is 12.4. The molecule has 1 aromatic heterocycles. The summed E-state index contributed by atoms with van der Waals surface area (Å²) in [6, 6.07) is 5.35. The van der Waals surface area contributed by atoms with Crippen LogP contribution >= 0.6 is 0 Å². The van der Waals surface area contributed by atoms with E-state index >= 15 is 0 Å². The Balaban J connectivity index is 1.64. The number of aliphatic hydroxyl groups excluding tert-OH is 1. The first-order valence-electron chi connectivity index (χ1n) is 8.09. The molecule has 124 valence electrons. The number of aromatic nitrogens is 1. The van der Waals surface area contributed by atoms with E-state index in [0.717, 1.165) is 24.8 Å². The van der Waals surface area contributed by atoms with Crippen molar-refractivity contribution in [1.82, 2.24) is 9.88 Å². The summed E-state index contributed by atoms with van der Waals surface area (Å²) in [5.74, 6) is 0.611. The molecule has 2 heterocycles. The third kappa shape index (κ3) is 3.17. The van der Waals surface area contributed by atoms with E-state index in [1.165, 1.54) is 0 Å². The van der Waals surface area contributed by atoms with E-state index < -0.39 is 0 Å². The van der Waals surface area contributed by atoms with E-state index in [-0.39, 0.29) is 18.1 Å². The van der Waals surface area contributed by atoms with Crippen molar-refractivity contribution in [2.75, 3.05) is 25.0 Å². The van der Waals surface area contributed by atoms with E-state index in [1.807, 2.05) is 23.1 Å². The zero-order chi connectivity index (χ0) is 16.4. The largest absolute Gasteiger partial charge is 0.441 e. The molecule has 0 spiro atoms. The van der Waals surface area contributed by atoms with Gasteiger partial charge in [-0.2, -0.15) is 0 Å². The number of benzene rings is 1. The molecular formula is C17H23N3O3. The SMILES string of the molecule is CCC1(CO)CCN(C(=O)Nc2ccc3oc(C)nc3c2)CC1. The number of carbonyl (C=O) groups excluding carboxylic acids is 1. The Hall–Kier alpha value is -2.08. The van der Waals surface area contributed by atoms with Crippen LogP contribution in [0.2, 0.25) is 0 Å². The Morgan fingerprint density at radius 1 is 1.43 bits per heavy atom. The topological polar surface area (TPSA) is 78.6 Å². The molecule has 0 aliphatic carbocycles. The van der Waals surface area contributed by atoms with Crippen molar-refractivity contribution in [3.63, 3.8) is 0 Å². The molecular weight excluding hydrogens is 294 g/mol. The minimum atomic E-state index is -0.104. The fraction of sp³-hybridized carbons (Fsp3) is 0.529. The van der Waals surface area contributed by atoms with Gasteiger partial charge in [-0.1, -0.05) is 6.92 Å². The van der Waals surface area contributed by atoms with Gasteiger partial charge in [-0.3, -0.25) is 0 Å². The standard InChI is InChI=1S/C17H23N3O3/c1-3-17(11-21)6-8-20(9-7-17)16(22)19-13-4-5-15-14(10-13)18-12(2)23-15/h4-5,10,21H,3,6-9,11H2,1-2H3,(H,19,22). The lowest BCUT2D eigenvalue weighted by Crippen LogP contribution is -2.46. The normalized spacial score (nSPS) is 17.4. The summed E-state index contributed by atoms with van der Waals surface area (Å²) < 4.78 is 5.43. The van der Waals surface area contributed by atoms with E-state index in [0.29, 0.717) is 30.3 Å². The average molecular weight is 317 g/mol. The lowest BCUT2D eigenvalue weighted by Gasteiger charge is -2.40. The van der Waals surface area contributed by atoms with Crippen LogP contribution in [-0.4, -0.2) is 40.7 Å². The molecule has 1 saturated heterocycles. The molecule has 0 saturated carbocycles.